The topological polar surface area (TPSA) is 79.5 Å². The van der Waals surface area contributed by atoms with E-state index in [1.54, 1.807) is 6.20 Å². The molecule has 2 N–H and O–H groups in total. The fourth-order valence-electron chi connectivity index (χ4n) is 4.43. The number of aromatic amines is 1. The molecule has 5 rings (SSSR count). The normalized spacial score (nSPS) is 17.4. The highest BCUT2D eigenvalue weighted by atomic mass is 16.7. The summed E-state index contributed by atoms with van der Waals surface area (Å²) < 4.78 is 10.8. The van der Waals surface area contributed by atoms with Crippen molar-refractivity contribution in [1.82, 2.24) is 20.2 Å². The van der Waals surface area contributed by atoms with Gasteiger partial charge in [-0.3, -0.25) is 9.69 Å². The van der Waals surface area contributed by atoms with E-state index in [0.29, 0.717) is 12.5 Å². The maximum Gasteiger partial charge on any atom is 0.242 e. The Morgan fingerprint density at radius 3 is 2.71 bits per heavy atom. The predicted molar refractivity (Wildman–Crippen MR) is 116 cm³/mol. The minimum absolute atomic E-state index is 0.0142. The molecule has 3 heterocycles. The Labute approximate surface area is 181 Å². The van der Waals surface area contributed by atoms with Crippen LogP contribution in [0.1, 0.15) is 41.8 Å². The molecule has 1 aromatic heterocycles. The van der Waals surface area contributed by atoms with Crippen LogP contribution in [0.2, 0.25) is 0 Å². The Balaban J connectivity index is 1.28. The van der Waals surface area contributed by atoms with Crippen LogP contribution < -0.4 is 14.8 Å². The van der Waals surface area contributed by atoms with Gasteiger partial charge in [-0.2, -0.15) is 0 Å². The zero-order valence-electron chi connectivity index (χ0n) is 17.3. The lowest BCUT2D eigenvalue weighted by atomic mass is 9.93. The summed E-state index contributed by atoms with van der Waals surface area (Å²) in [6, 6.07) is 15.5. The van der Waals surface area contributed by atoms with Gasteiger partial charge in [0.1, 0.15) is 11.9 Å². The molecule has 0 spiro atoms. The molecule has 1 amide bonds. The van der Waals surface area contributed by atoms with E-state index >= 15 is 0 Å². The molecule has 1 atom stereocenters. The van der Waals surface area contributed by atoms with Gasteiger partial charge in [0.25, 0.3) is 0 Å². The number of nitrogens with zero attached hydrogens (tertiary/aromatic N) is 2. The number of carbonyl (C=O) groups is 1. The van der Waals surface area contributed by atoms with Crippen LogP contribution in [0, 0.1) is 0 Å². The number of carbonyl (C=O) groups excluding carboxylic acids is 1. The molecule has 0 aliphatic carbocycles. The summed E-state index contributed by atoms with van der Waals surface area (Å²) in [6.07, 6.45) is 5.63. The summed E-state index contributed by atoms with van der Waals surface area (Å²) in [5, 5.41) is 3.13. The minimum Gasteiger partial charge on any atom is -0.454 e. The van der Waals surface area contributed by atoms with Gasteiger partial charge in [0, 0.05) is 24.9 Å². The lowest BCUT2D eigenvalue weighted by Crippen LogP contribution is -2.44. The first-order valence-electron chi connectivity index (χ1n) is 10.7. The largest absolute Gasteiger partial charge is 0.454 e. The number of aromatic nitrogens is 2. The van der Waals surface area contributed by atoms with Crippen LogP contribution in [-0.2, 0) is 11.3 Å². The van der Waals surface area contributed by atoms with E-state index < -0.39 is 0 Å². The SMILES string of the molecule is O=C(NCc1ccc2c(c1)OCO2)[C@H](c1ccccc1)N1CCC(c2ncc[nH]2)CC1. The van der Waals surface area contributed by atoms with Crippen molar-refractivity contribution in [3.8, 4) is 11.5 Å². The first-order chi connectivity index (χ1) is 15.3. The zero-order valence-corrected chi connectivity index (χ0v) is 17.3. The highest BCUT2D eigenvalue weighted by Gasteiger charge is 2.32. The highest BCUT2D eigenvalue weighted by molar-refractivity contribution is 5.83. The summed E-state index contributed by atoms with van der Waals surface area (Å²) in [6.45, 7) is 2.39. The van der Waals surface area contributed by atoms with Crippen molar-refractivity contribution in [3.05, 3.63) is 77.9 Å². The minimum atomic E-state index is -0.312. The van der Waals surface area contributed by atoms with Gasteiger partial charge in [-0.05, 0) is 49.2 Å². The molecule has 2 aliphatic heterocycles. The third-order valence-electron chi connectivity index (χ3n) is 6.07. The Kier molecular flexibility index (Phi) is 5.58. The van der Waals surface area contributed by atoms with Crippen molar-refractivity contribution in [1.29, 1.82) is 0 Å². The number of imidazole rings is 1. The molecule has 3 aromatic rings. The first kappa shape index (κ1) is 19.6. The number of amides is 1. The Morgan fingerprint density at radius 1 is 1.13 bits per heavy atom. The summed E-state index contributed by atoms with van der Waals surface area (Å²) in [4.78, 5) is 23.3. The summed E-state index contributed by atoms with van der Waals surface area (Å²) in [5.41, 5.74) is 2.00. The fraction of sp³-hybridized carbons (Fsp3) is 0.333. The molecule has 1 fully saturated rings. The van der Waals surface area contributed by atoms with E-state index in [1.807, 2.05) is 54.7 Å². The molecule has 7 heteroatoms. The average molecular weight is 418 g/mol. The summed E-state index contributed by atoms with van der Waals surface area (Å²) in [5.74, 6) is 2.95. The number of rotatable bonds is 6. The van der Waals surface area contributed by atoms with Crippen molar-refractivity contribution in [2.75, 3.05) is 19.9 Å². The van der Waals surface area contributed by atoms with Crippen molar-refractivity contribution in [3.63, 3.8) is 0 Å². The van der Waals surface area contributed by atoms with Gasteiger partial charge in [0.05, 0.1) is 0 Å². The molecule has 31 heavy (non-hydrogen) atoms. The van der Waals surface area contributed by atoms with Crippen molar-refractivity contribution >= 4 is 5.91 Å². The van der Waals surface area contributed by atoms with E-state index in [2.05, 4.69) is 20.2 Å². The Hall–Kier alpha value is -3.32. The molecule has 0 radical (unpaired) electrons. The van der Waals surface area contributed by atoms with Crippen LogP contribution in [0.5, 0.6) is 11.5 Å². The smallest absolute Gasteiger partial charge is 0.242 e. The van der Waals surface area contributed by atoms with Crippen LogP contribution in [0.3, 0.4) is 0 Å². The quantitative estimate of drug-likeness (QED) is 0.642. The van der Waals surface area contributed by atoms with Crippen LogP contribution >= 0.6 is 0 Å². The predicted octanol–water partition coefficient (Wildman–Crippen LogP) is 3.38. The van der Waals surface area contributed by atoms with Crippen molar-refractivity contribution in [2.45, 2.75) is 31.3 Å². The number of benzene rings is 2. The maximum absolute atomic E-state index is 13.3. The Morgan fingerprint density at radius 2 is 1.94 bits per heavy atom. The molecule has 2 aromatic carbocycles. The second-order valence-electron chi connectivity index (χ2n) is 8.00. The molecule has 0 unspecified atom stereocenters. The number of hydrogen-bond donors (Lipinski definition) is 2. The van der Waals surface area contributed by atoms with Gasteiger partial charge in [-0.25, -0.2) is 4.98 Å². The zero-order chi connectivity index (χ0) is 21.0. The van der Waals surface area contributed by atoms with Gasteiger partial charge < -0.3 is 19.8 Å². The van der Waals surface area contributed by atoms with E-state index in [0.717, 1.165) is 54.4 Å². The molecular formula is C24H26N4O3. The number of fused-ring (bicyclic) bond motifs is 1. The average Bonchev–Trinajstić information content (AvgIpc) is 3.51. The van der Waals surface area contributed by atoms with Crippen molar-refractivity contribution < 1.29 is 14.3 Å². The van der Waals surface area contributed by atoms with Crippen LogP contribution in [0.4, 0.5) is 0 Å². The van der Waals surface area contributed by atoms with E-state index in [1.165, 1.54) is 0 Å². The molecular weight excluding hydrogens is 392 g/mol. The van der Waals surface area contributed by atoms with Gasteiger partial charge in [-0.1, -0.05) is 36.4 Å². The second kappa shape index (κ2) is 8.81. The number of nitrogens with one attached hydrogen (secondary N) is 2. The molecule has 0 bridgehead atoms. The lowest BCUT2D eigenvalue weighted by Gasteiger charge is -2.36. The summed E-state index contributed by atoms with van der Waals surface area (Å²) in [7, 11) is 0. The molecule has 160 valence electrons. The highest BCUT2D eigenvalue weighted by Crippen LogP contribution is 2.33. The Bertz CT molecular complexity index is 1010. The molecule has 7 nitrogen and oxygen atoms in total. The molecule has 2 aliphatic rings. The summed E-state index contributed by atoms with van der Waals surface area (Å²) >= 11 is 0. The van der Waals surface area contributed by atoms with E-state index in [4.69, 9.17) is 9.47 Å². The van der Waals surface area contributed by atoms with Crippen molar-refractivity contribution in [2.24, 2.45) is 0 Å². The lowest BCUT2D eigenvalue weighted by molar-refractivity contribution is -0.127. The number of H-pyrrole nitrogens is 1. The fourth-order valence-corrected chi connectivity index (χ4v) is 4.43. The first-order valence-corrected chi connectivity index (χ1v) is 10.7. The standard InChI is InChI=1S/C24H26N4O3/c29-24(27-15-17-6-7-20-21(14-17)31-16-30-20)22(18-4-2-1-3-5-18)28-12-8-19(9-13-28)23-25-10-11-26-23/h1-7,10-11,14,19,22H,8-9,12-13,15-16H2,(H,25,26)(H,27,29)/t22-/m0/s1. The van der Waals surface area contributed by atoms with Crippen LogP contribution in [0.25, 0.3) is 0 Å². The van der Waals surface area contributed by atoms with Crippen LogP contribution in [0.15, 0.2) is 60.9 Å². The number of hydrogen-bond acceptors (Lipinski definition) is 5. The molecule has 1 saturated heterocycles. The van der Waals surface area contributed by atoms with E-state index in [9.17, 15) is 4.79 Å². The third-order valence-corrected chi connectivity index (χ3v) is 6.07. The maximum atomic E-state index is 13.3. The third kappa shape index (κ3) is 4.27. The number of piperidine rings is 1. The monoisotopic (exact) mass is 418 g/mol. The van der Waals surface area contributed by atoms with Gasteiger partial charge in [-0.15, -0.1) is 0 Å². The molecule has 0 saturated carbocycles. The van der Waals surface area contributed by atoms with Gasteiger partial charge in [0.15, 0.2) is 11.5 Å². The van der Waals surface area contributed by atoms with Crippen LogP contribution in [-0.4, -0.2) is 40.7 Å². The second-order valence-corrected chi connectivity index (χ2v) is 8.00. The van der Waals surface area contributed by atoms with E-state index in [-0.39, 0.29) is 18.7 Å². The van der Waals surface area contributed by atoms with Gasteiger partial charge >= 0.3 is 0 Å². The van der Waals surface area contributed by atoms with Gasteiger partial charge in [0.2, 0.25) is 12.7 Å². The number of likely N-dealkylation sites (tertiary alicyclic amines) is 1. The number of ether oxygens (including phenoxy) is 2.